The van der Waals surface area contributed by atoms with Gasteiger partial charge in [-0.25, -0.2) is 0 Å². The van der Waals surface area contributed by atoms with E-state index in [0.29, 0.717) is 0 Å². The van der Waals surface area contributed by atoms with Crippen molar-refractivity contribution in [1.29, 1.82) is 0 Å². The molecule has 1 atom stereocenters. The second-order valence-corrected chi connectivity index (χ2v) is 6.58. The summed E-state index contributed by atoms with van der Waals surface area (Å²) in [4.78, 5) is 8.26. The van der Waals surface area contributed by atoms with Crippen LogP contribution in [-0.2, 0) is 11.3 Å². The average molecular weight is 338 g/mol. The van der Waals surface area contributed by atoms with Crippen LogP contribution in [0.2, 0.25) is 0 Å². The van der Waals surface area contributed by atoms with E-state index in [2.05, 4.69) is 48.2 Å². The normalized spacial score (nSPS) is 19.5. The maximum Gasteiger partial charge on any atom is 0.212 e. The summed E-state index contributed by atoms with van der Waals surface area (Å²) in [5.74, 6) is 1.74. The van der Waals surface area contributed by atoms with Crippen molar-refractivity contribution in [1.82, 2.24) is 4.90 Å². The molecule has 0 aromatic heterocycles. The van der Waals surface area contributed by atoms with Gasteiger partial charge in [0.1, 0.15) is 5.75 Å². The Hall–Kier alpha value is -2.49. The Kier molecular flexibility index (Phi) is 5.27. The molecular weight excluding hydrogens is 312 g/mol. The Morgan fingerprint density at radius 1 is 1.08 bits per heavy atom. The highest BCUT2D eigenvalue weighted by atomic mass is 16.7. The van der Waals surface area contributed by atoms with Crippen molar-refractivity contribution in [2.45, 2.75) is 38.8 Å². The van der Waals surface area contributed by atoms with Crippen molar-refractivity contribution < 1.29 is 9.57 Å². The zero-order chi connectivity index (χ0) is 17.7. The third-order valence-electron chi connectivity index (χ3n) is 4.61. The van der Waals surface area contributed by atoms with Gasteiger partial charge in [-0.1, -0.05) is 48.8 Å². The van der Waals surface area contributed by atoms with Crippen molar-refractivity contribution in [3.8, 4) is 5.75 Å². The predicted octanol–water partition coefficient (Wildman–Crippen LogP) is 4.45. The first kappa shape index (κ1) is 17.3. The summed E-state index contributed by atoms with van der Waals surface area (Å²) in [7, 11) is 1.68. The molecule has 0 saturated carbocycles. The molecule has 1 aliphatic heterocycles. The van der Waals surface area contributed by atoms with Gasteiger partial charge in [0.05, 0.1) is 7.11 Å². The highest BCUT2D eigenvalue weighted by molar-refractivity contribution is 5.99. The number of hydrogen-bond donors (Lipinski definition) is 0. The third-order valence-corrected chi connectivity index (χ3v) is 4.61. The van der Waals surface area contributed by atoms with Crippen molar-refractivity contribution >= 4 is 5.84 Å². The van der Waals surface area contributed by atoms with Gasteiger partial charge >= 0.3 is 0 Å². The highest BCUT2D eigenvalue weighted by Gasteiger charge is 2.42. The first-order valence-corrected chi connectivity index (χ1v) is 8.88. The number of rotatable bonds is 7. The Balaban J connectivity index is 1.85. The summed E-state index contributed by atoms with van der Waals surface area (Å²) >= 11 is 0. The van der Waals surface area contributed by atoms with E-state index < -0.39 is 5.72 Å². The molecule has 25 heavy (non-hydrogen) atoms. The van der Waals surface area contributed by atoms with Gasteiger partial charge in [-0.15, -0.1) is 0 Å². The van der Waals surface area contributed by atoms with Gasteiger partial charge in [0.15, 0.2) is 5.84 Å². The van der Waals surface area contributed by atoms with Gasteiger partial charge in [-0.3, -0.25) is 0 Å². The van der Waals surface area contributed by atoms with Crippen LogP contribution in [0.25, 0.3) is 0 Å². The first-order valence-electron chi connectivity index (χ1n) is 8.88. The number of amidine groups is 1. The Morgan fingerprint density at radius 2 is 1.80 bits per heavy atom. The predicted molar refractivity (Wildman–Crippen MR) is 101 cm³/mol. The zero-order valence-electron chi connectivity index (χ0n) is 15.2. The molecule has 2 aromatic carbocycles. The van der Waals surface area contributed by atoms with Crippen molar-refractivity contribution in [3.05, 3.63) is 65.7 Å². The number of unbranched alkanes of at least 4 members (excludes halogenated alkanes) is 1. The first-order chi connectivity index (χ1) is 12.2. The number of oxime groups is 1. The molecule has 0 radical (unpaired) electrons. The SMILES string of the molecule is CCCCN1C(c2ccc(OC)cc2)=NOC1(C)Cc1ccccc1. The van der Waals surface area contributed by atoms with Crippen molar-refractivity contribution in [2.24, 2.45) is 5.16 Å². The Bertz CT molecular complexity index is 712. The second kappa shape index (κ2) is 7.60. The molecule has 0 spiro atoms. The van der Waals surface area contributed by atoms with E-state index in [1.54, 1.807) is 7.11 Å². The van der Waals surface area contributed by atoms with Crippen LogP contribution in [0.15, 0.2) is 59.8 Å². The van der Waals surface area contributed by atoms with E-state index in [1.807, 2.05) is 30.3 Å². The van der Waals surface area contributed by atoms with Crippen molar-refractivity contribution in [2.75, 3.05) is 13.7 Å². The quantitative estimate of drug-likeness (QED) is 0.748. The molecule has 0 N–H and O–H groups in total. The maximum atomic E-state index is 5.96. The lowest BCUT2D eigenvalue weighted by molar-refractivity contribution is -0.0833. The molecule has 4 nitrogen and oxygen atoms in total. The molecule has 132 valence electrons. The summed E-state index contributed by atoms with van der Waals surface area (Å²) in [5, 5.41) is 4.45. The monoisotopic (exact) mass is 338 g/mol. The number of methoxy groups -OCH3 is 1. The van der Waals surface area contributed by atoms with Gasteiger partial charge < -0.3 is 14.5 Å². The van der Waals surface area contributed by atoms with Crippen molar-refractivity contribution in [3.63, 3.8) is 0 Å². The molecule has 1 unspecified atom stereocenters. The van der Waals surface area contributed by atoms with E-state index in [0.717, 1.165) is 43.0 Å². The Morgan fingerprint density at radius 3 is 2.44 bits per heavy atom. The fourth-order valence-corrected chi connectivity index (χ4v) is 3.17. The van der Waals surface area contributed by atoms with Crippen LogP contribution < -0.4 is 4.74 Å². The largest absolute Gasteiger partial charge is 0.497 e. The molecule has 0 aliphatic carbocycles. The number of ether oxygens (including phenoxy) is 1. The number of nitrogens with zero attached hydrogens (tertiary/aromatic N) is 2. The minimum atomic E-state index is -0.466. The second-order valence-electron chi connectivity index (χ2n) is 6.58. The molecule has 0 bridgehead atoms. The molecule has 0 fully saturated rings. The van der Waals surface area contributed by atoms with Crippen LogP contribution in [0.4, 0.5) is 0 Å². The van der Waals surface area contributed by atoms with Crippen LogP contribution in [0.3, 0.4) is 0 Å². The minimum Gasteiger partial charge on any atom is -0.497 e. The van der Waals surface area contributed by atoms with Gasteiger partial charge in [-0.2, -0.15) is 0 Å². The van der Waals surface area contributed by atoms with Gasteiger partial charge in [-0.05, 0) is 43.2 Å². The van der Waals surface area contributed by atoms with Crippen LogP contribution in [0.5, 0.6) is 5.75 Å². The van der Waals surface area contributed by atoms with E-state index in [1.165, 1.54) is 5.56 Å². The molecule has 1 heterocycles. The van der Waals surface area contributed by atoms with E-state index in [9.17, 15) is 0 Å². The number of benzene rings is 2. The summed E-state index contributed by atoms with van der Waals surface area (Å²) in [5.41, 5.74) is 1.83. The third kappa shape index (κ3) is 3.78. The Labute approximate surface area is 150 Å². The number of hydrogen-bond acceptors (Lipinski definition) is 4. The van der Waals surface area contributed by atoms with E-state index in [4.69, 9.17) is 9.57 Å². The molecule has 2 aromatic rings. The standard InChI is InChI=1S/C21H26N2O2/c1-4-5-15-23-20(18-11-13-19(24-3)14-12-18)22-25-21(23,2)16-17-9-7-6-8-10-17/h6-14H,4-5,15-16H2,1-3H3. The summed E-state index contributed by atoms with van der Waals surface area (Å²) in [6.45, 7) is 5.25. The fourth-order valence-electron chi connectivity index (χ4n) is 3.17. The summed E-state index contributed by atoms with van der Waals surface area (Å²) in [6, 6.07) is 18.4. The lowest BCUT2D eigenvalue weighted by Gasteiger charge is -2.34. The van der Waals surface area contributed by atoms with Gasteiger partial charge in [0, 0.05) is 18.5 Å². The minimum absolute atomic E-state index is 0.466. The molecule has 1 aliphatic rings. The molecule has 0 saturated heterocycles. The highest BCUT2D eigenvalue weighted by Crippen LogP contribution is 2.31. The average Bonchev–Trinajstić information content (AvgIpc) is 2.97. The summed E-state index contributed by atoms with van der Waals surface area (Å²) in [6.07, 6.45) is 3.03. The van der Waals surface area contributed by atoms with Gasteiger partial charge in [0.25, 0.3) is 0 Å². The van der Waals surface area contributed by atoms with E-state index >= 15 is 0 Å². The lowest BCUT2D eigenvalue weighted by Crippen LogP contribution is -2.48. The maximum absolute atomic E-state index is 5.96. The van der Waals surface area contributed by atoms with Gasteiger partial charge in [0.2, 0.25) is 5.72 Å². The lowest BCUT2D eigenvalue weighted by atomic mass is 10.0. The summed E-state index contributed by atoms with van der Waals surface area (Å²) < 4.78 is 5.26. The molecule has 4 heteroatoms. The van der Waals surface area contributed by atoms with E-state index in [-0.39, 0.29) is 0 Å². The van der Waals surface area contributed by atoms with Crippen LogP contribution >= 0.6 is 0 Å². The fraction of sp³-hybridized carbons (Fsp3) is 0.381. The van der Waals surface area contributed by atoms with Crippen LogP contribution in [-0.4, -0.2) is 30.1 Å². The molecule has 3 rings (SSSR count). The molecule has 0 amide bonds. The zero-order valence-corrected chi connectivity index (χ0v) is 15.2. The molecular formula is C21H26N2O2. The smallest absolute Gasteiger partial charge is 0.212 e. The topological polar surface area (TPSA) is 34.1 Å². The van der Waals surface area contributed by atoms with Crippen LogP contribution in [0, 0.1) is 0 Å². The van der Waals surface area contributed by atoms with Crippen LogP contribution in [0.1, 0.15) is 37.8 Å².